The fourth-order valence-corrected chi connectivity index (χ4v) is 4.40. The zero-order valence-electron chi connectivity index (χ0n) is 19.3. The first-order chi connectivity index (χ1) is 15.9. The van der Waals surface area contributed by atoms with Crippen molar-refractivity contribution in [2.45, 2.75) is 32.2 Å². The van der Waals surface area contributed by atoms with Crippen LogP contribution >= 0.6 is 0 Å². The number of ether oxygens (including phenoxy) is 1. The van der Waals surface area contributed by atoms with Crippen molar-refractivity contribution in [2.75, 3.05) is 26.3 Å². The van der Waals surface area contributed by atoms with E-state index in [4.69, 9.17) is 4.74 Å². The van der Waals surface area contributed by atoms with Crippen LogP contribution in [0.4, 0.5) is 0 Å². The molecule has 0 radical (unpaired) electrons. The van der Waals surface area contributed by atoms with Crippen molar-refractivity contribution in [1.82, 2.24) is 15.2 Å². The maximum Gasteiger partial charge on any atom is 0.247 e. The van der Waals surface area contributed by atoms with E-state index in [2.05, 4.69) is 28.5 Å². The normalized spacial score (nSPS) is 16.9. The van der Waals surface area contributed by atoms with Gasteiger partial charge in [0.15, 0.2) is 0 Å². The van der Waals surface area contributed by atoms with Gasteiger partial charge in [-0.15, -0.1) is 0 Å². The molecule has 2 heterocycles. The third-order valence-corrected chi connectivity index (χ3v) is 6.05. The van der Waals surface area contributed by atoms with Crippen LogP contribution in [0.2, 0.25) is 0 Å². The van der Waals surface area contributed by atoms with Crippen LogP contribution in [0.1, 0.15) is 25.0 Å². The number of hydrogen-bond donors (Lipinski definition) is 1. The molecule has 33 heavy (non-hydrogen) atoms. The van der Waals surface area contributed by atoms with Crippen molar-refractivity contribution in [3.8, 4) is 0 Å². The molecule has 0 saturated carbocycles. The van der Waals surface area contributed by atoms with Gasteiger partial charge in [-0.1, -0.05) is 48.5 Å². The molecule has 1 aromatic heterocycles. The number of hydrogen-bond acceptors (Lipinski definition) is 4. The number of aromatic nitrogens is 1. The summed E-state index contributed by atoms with van der Waals surface area (Å²) in [6.45, 7) is 5.78. The third-order valence-electron chi connectivity index (χ3n) is 6.05. The van der Waals surface area contributed by atoms with E-state index < -0.39 is 5.54 Å². The third kappa shape index (κ3) is 5.96. The highest BCUT2D eigenvalue weighted by atomic mass is 16.5. The summed E-state index contributed by atoms with van der Waals surface area (Å²) < 4.78 is 5.83. The van der Waals surface area contributed by atoms with Gasteiger partial charge in [0.25, 0.3) is 0 Å². The summed E-state index contributed by atoms with van der Waals surface area (Å²) in [5, 5.41) is 5.20. The van der Waals surface area contributed by atoms with Gasteiger partial charge in [-0.25, -0.2) is 0 Å². The molecule has 2 aromatic carbocycles. The van der Waals surface area contributed by atoms with Crippen LogP contribution in [0.25, 0.3) is 10.8 Å². The highest BCUT2D eigenvalue weighted by Crippen LogP contribution is 2.20. The lowest BCUT2D eigenvalue weighted by Crippen LogP contribution is -2.57. The molecule has 1 N–H and O–H groups in total. The summed E-state index contributed by atoms with van der Waals surface area (Å²) in [7, 11) is 0. The number of fused-ring (bicyclic) bond motifs is 1. The lowest BCUT2D eigenvalue weighted by atomic mass is 9.96. The highest BCUT2D eigenvalue weighted by Gasteiger charge is 2.35. The molecule has 0 unspecified atom stereocenters. The quantitative estimate of drug-likeness (QED) is 0.631. The van der Waals surface area contributed by atoms with Gasteiger partial charge in [0.1, 0.15) is 5.54 Å². The molecule has 172 valence electrons. The zero-order chi connectivity index (χ0) is 23.3. The fourth-order valence-electron chi connectivity index (χ4n) is 4.40. The Balaban J connectivity index is 1.40. The molecule has 1 atom stereocenters. The molecule has 4 rings (SSSR count). The second-order valence-electron chi connectivity index (χ2n) is 9.29. The smallest absolute Gasteiger partial charge is 0.247 e. The van der Waals surface area contributed by atoms with E-state index in [1.807, 2.05) is 47.5 Å². The molecule has 0 bridgehead atoms. The van der Waals surface area contributed by atoms with Crippen LogP contribution in [-0.4, -0.2) is 53.5 Å². The predicted octanol–water partition coefficient (Wildman–Crippen LogP) is 3.39. The summed E-state index contributed by atoms with van der Waals surface area (Å²) in [5.41, 5.74) is 1.15. The number of amides is 2. The van der Waals surface area contributed by atoms with Gasteiger partial charge in [0, 0.05) is 36.8 Å². The van der Waals surface area contributed by atoms with Crippen molar-refractivity contribution >= 4 is 22.6 Å². The second-order valence-corrected chi connectivity index (χ2v) is 9.29. The minimum atomic E-state index is -0.989. The molecular formula is C27H31N3O3. The Bertz CT molecular complexity index is 1110. The molecule has 1 saturated heterocycles. The molecule has 6 heteroatoms. The van der Waals surface area contributed by atoms with Crippen LogP contribution in [0.15, 0.2) is 67.0 Å². The van der Waals surface area contributed by atoms with Crippen LogP contribution in [0.5, 0.6) is 0 Å². The Morgan fingerprint density at radius 2 is 1.91 bits per heavy atom. The van der Waals surface area contributed by atoms with Crippen LogP contribution in [-0.2, 0) is 27.2 Å². The summed E-state index contributed by atoms with van der Waals surface area (Å²) >= 11 is 0. The van der Waals surface area contributed by atoms with Gasteiger partial charge < -0.3 is 15.0 Å². The van der Waals surface area contributed by atoms with E-state index in [0.717, 1.165) is 22.8 Å². The number of pyridine rings is 1. The average Bonchev–Trinajstić information content (AvgIpc) is 3.04. The molecular weight excluding hydrogens is 414 g/mol. The first-order valence-electron chi connectivity index (χ1n) is 11.5. The number of carbonyl (C=O) groups excluding carboxylic acids is 2. The topological polar surface area (TPSA) is 71.5 Å². The Morgan fingerprint density at radius 1 is 1.09 bits per heavy atom. The summed E-state index contributed by atoms with van der Waals surface area (Å²) in [4.78, 5) is 32.0. The van der Waals surface area contributed by atoms with Crippen LogP contribution in [0.3, 0.4) is 0 Å². The molecule has 1 aliphatic heterocycles. The predicted molar refractivity (Wildman–Crippen MR) is 129 cm³/mol. The maximum atomic E-state index is 13.4. The van der Waals surface area contributed by atoms with E-state index in [0.29, 0.717) is 26.3 Å². The van der Waals surface area contributed by atoms with Gasteiger partial charge in [0.05, 0.1) is 19.6 Å². The molecule has 1 fully saturated rings. The van der Waals surface area contributed by atoms with Crippen molar-refractivity contribution < 1.29 is 14.3 Å². The van der Waals surface area contributed by atoms with Gasteiger partial charge in [-0.3, -0.25) is 14.6 Å². The average molecular weight is 446 g/mol. The Kier molecular flexibility index (Phi) is 7.04. The Labute approximate surface area is 195 Å². The summed E-state index contributed by atoms with van der Waals surface area (Å²) in [6.07, 6.45) is 4.74. The molecule has 1 aliphatic rings. The SMILES string of the molecule is CC(C)(NC(=O)Cc1ccccc1)C(=O)N1CCOC[C@@H](Cc2ccc3cnccc3c2)C1. The zero-order valence-corrected chi connectivity index (χ0v) is 19.3. The van der Waals surface area contributed by atoms with E-state index in [1.165, 1.54) is 5.56 Å². The van der Waals surface area contributed by atoms with Crippen LogP contribution in [0, 0.1) is 5.92 Å². The number of rotatable bonds is 6. The standard InChI is InChI=1S/C27H31N3O3/c1-27(2,29-25(31)16-20-6-4-3-5-7-20)26(32)30-12-13-33-19-22(18-30)14-21-8-9-24-17-28-11-10-23(24)15-21/h3-11,15,17,22H,12-14,16,18-19H2,1-2H3,(H,29,31)/t22-/m0/s1. The first kappa shape index (κ1) is 22.9. The second kappa shape index (κ2) is 10.1. The Morgan fingerprint density at radius 3 is 2.73 bits per heavy atom. The lowest BCUT2D eigenvalue weighted by Gasteiger charge is -2.33. The molecule has 6 nitrogen and oxygen atoms in total. The summed E-state index contributed by atoms with van der Waals surface area (Å²) in [6, 6.07) is 18.0. The first-order valence-corrected chi connectivity index (χ1v) is 11.5. The molecule has 0 spiro atoms. The lowest BCUT2D eigenvalue weighted by molar-refractivity contribution is -0.140. The minimum Gasteiger partial charge on any atom is -0.379 e. The van der Waals surface area contributed by atoms with Gasteiger partial charge >= 0.3 is 0 Å². The van der Waals surface area contributed by atoms with Crippen LogP contribution < -0.4 is 5.32 Å². The number of benzene rings is 2. The van der Waals surface area contributed by atoms with Crippen molar-refractivity contribution in [3.05, 3.63) is 78.1 Å². The number of nitrogens with zero attached hydrogens (tertiary/aromatic N) is 2. The van der Waals surface area contributed by atoms with E-state index in [1.54, 1.807) is 20.0 Å². The monoisotopic (exact) mass is 445 g/mol. The largest absolute Gasteiger partial charge is 0.379 e. The van der Waals surface area contributed by atoms with Gasteiger partial charge in [-0.05, 0) is 42.8 Å². The number of carbonyl (C=O) groups is 2. The Hall–Kier alpha value is -3.25. The van der Waals surface area contributed by atoms with Crippen molar-refractivity contribution in [3.63, 3.8) is 0 Å². The van der Waals surface area contributed by atoms with Crippen molar-refractivity contribution in [2.24, 2.45) is 5.92 Å². The van der Waals surface area contributed by atoms with Gasteiger partial charge in [0.2, 0.25) is 11.8 Å². The van der Waals surface area contributed by atoms with Crippen molar-refractivity contribution in [1.29, 1.82) is 0 Å². The molecule has 0 aliphatic carbocycles. The van der Waals surface area contributed by atoms with Gasteiger partial charge in [-0.2, -0.15) is 0 Å². The highest BCUT2D eigenvalue weighted by molar-refractivity contribution is 5.91. The van der Waals surface area contributed by atoms with E-state index in [-0.39, 0.29) is 24.2 Å². The summed E-state index contributed by atoms with van der Waals surface area (Å²) in [5.74, 6) is -0.0524. The van der Waals surface area contributed by atoms with E-state index in [9.17, 15) is 9.59 Å². The maximum absolute atomic E-state index is 13.4. The number of nitrogens with one attached hydrogen (secondary N) is 1. The fraction of sp³-hybridized carbons (Fsp3) is 0.370. The molecule has 3 aromatic rings. The van der Waals surface area contributed by atoms with E-state index >= 15 is 0 Å². The minimum absolute atomic E-state index is 0.0796. The molecule has 2 amide bonds.